The number of nitrogens with one attached hydrogen (secondary N) is 4. The average Bonchev–Trinajstić information content (AvgIpc) is 1.61. The first kappa shape index (κ1) is 78.1. The first-order chi connectivity index (χ1) is 51.2. The number of rotatable bonds is 13. The van der Waals surface area contributed by atoms with Gasteiger partial charge in [-0.1, -0.05) is 71.2 Å². The lowest BCUT2D eigenvalue weighted by atomic mass is 10.0. The third-order valence-electron chi connectivity index (χ3n) is 18.4. The van der Waals surface area contributed by atoms with Gasteiger partial charge in [-0.05, 0) is 172 Å². The van der Waals surface area contributed by atoms with Crippen LogP contribution in [0.15, 0.2) is 164 Å². The Morgan fingerprint density at radius 1 is 0.495 bits per heavy atom. The highest BCUT2D eigenvalue weighted by molar-refractivity contribution is 9.10. The van der Waals surface area contributed by atoms with E-state index in [-0.39, 0.29) is 88.9 Å². The van der Waals surface area contributed by atoms with Crippen LogP contribution in [0.5, 0.6) is 0 Å². The van der Waals surface area contributed by atoms with Crippen molar-refractivity contribution < 1.29 is 67.1 Å². The molecule has 6 N–H and O–H groups in total. The van der Waals surface area contributed by atoms with Gasteiger partial charge in [-0.3, -0.25) is 42.5 Å². The highest BCUT2D eigenvalue weighted by atomic mass is 79.9. The summed E-state index contributed by atoms with van der Waals surface area (Å²) in [5.41, 5.74) is -0.512. The molecule has 6 aliphatic rings. The Balaban J connectivity index is 0.000000142. The van der Waals surface area contributed by atoms with Gasteiger partial charge in [0.1, 0.15) is 87.8 Å². The third-order valence-corrected chi connectivity index (χ3v) is 19.9. The maximum Gasteiger partial charge on any atom is 0.413 e. The van der Waals surface area contributed by atoms with Crippen molar-refractivity contribution in [1.82, 2.24) is 59.6 Å². The van der Waals surface area contributed by atoms with Crippen molar-refractivity contribution in [3.05, 3.63) is 275 Å². The molecule has 9 heterocycles. The molecule has 3 aliphatic heterocycles. The van der Waals surface area contributed by atoms with Gasteiger partial charge in [0.25, 0.3) is 34.4 Å². The summed E-state index contributed by atoms with van der Waals surface area (Å²) in [6.45, 7) is 4.71. The lowest BCUT2D eigenvalue weighted by Gasteiger charge is -2.28. The molecule has 3 unspecified atom stereocenters. The van der Waals surface area contributed by atoms with Crippen molar-refractivity contribution in [1.29, 1.82) is 0 Å². The van der Waals surface area contributed by atoms with Gasteiger partial charge in [0.2, 0.25) is 0 Å². The summed E-state index contributed by atoms with van der Waals surface area (Å²) >= 11 is 21.9. The minimum absolute atomic E-state index is 0.00416. The van der Waals surface area contributed by atoms with Crippen molar-refractivity contribution in [2.24, 2.45) is 17.8 Å². The molecule has 9 aromatic rings. The Kier molecular flexibility index (Phi) is 21.4. The molecule has 3 aliphatic carbocycles. The fraction of sp³-hybridized carbons (Fsp3) is 0.260. The normalized spacial score (nSPS) is 19.6. The van der Waals surface area contributed by atoms with E-state index >= 15 is 0 Å². The van der Waals surface area contributed by atoms with Crippen LogP contribution in [0.2, 0.25) is 15.1 Å². The number of carbonyl (C=O) groups excluding carboxylic acids is 3. The number of amides is 3. The van der Waals surface area contributed by atoms with Gasteiger partial charge in [0, 0.05) is 63.2 Å². The van der Waals surface area contributed by atoms with Crippen LogP contribution in [0.3, 0.4) is 0 Å². The quantitative estimate of drug-likeness (QED) is 0.0672. The zero-order valence-electron chi connectivity index (χ0n) is 56.6. The van der Waals surface area contributed by atoms with Crippen LogP contribution in [0.25, 0.3) is 18.2 Å². The van der Waals surface area contributed by atoms with Crippen LogP contribution in [0.4, 0.5) is 70.0 Å². The number of hydrogen-bond acceptors (Lipinski definition) is 14. The van der Waals surface area contributed by atoms with Gasteiger partial charge in [-0.15, -0.1) is 0 Å². The van der Waals surface area contributed by atoms with Crippen molar-refractivity contribution in [2.75, 3.05) is 11.1 Å². The molecule has 36 heteroatoms. The standard InChI is InChI=1S/C25H19ClF4N4O2.C24H18ClF4N5O2.C14H9BrClFN2O2.C10H10F3N3/c1-24(15-3-2-4-16(27)9-15)33-22(35)21-20(26)8-14(23(36)34(21)24)7-17-10-18(32-12-31-17)11-19(13-5-6-13)25(28,29)30;1-23(13-3-2-4-14(26)7-13)33-21(35)20-17(25)10-18(22(36)34(20)23)32-19-9-15(30-11-31-19)8-16(12-5-6-12)24(27,28)29;1-14(7-3-2-4-8(17)5-7)18-12(20)11-10(16)6-9(15)13(21)19(11)14;11-10(12,13)8(6-1-2-6)3-7-4-9(14)16-5-15-7/h2-4,8-13H,5-7H2,1H3,(H,33,35);2-4,7-12H,5-6H2,1H3,(H,33,35)(H,30,31,32);2-6H,1H3,(H,18,20);3-6H,1-2H2,(H2,14,15,16)/b19-11-;16-8-;;8-3-. The molecule has 3 amide bonds. The summed E-state index contributed by atoms with van der Waals surface area (Å²) in [5, 5.41) is 10.9. The molecular formula is C73H56BrCl3F12N14O6. The molecule has 3 atom stereocenters. The number of hydrogen-bond donors (Lipinski definition) is 5. The minimum atomic E-state index is -4.48. The highest BCUT2D eigenvalue weighted by Crippen LogP contribution is 2.48. The minimum Gasteiger partial charge on any atom is -0.384 e. The molecule has 15 rings (SSSR count). The maximum absolute atomic E-state index is 14.0. The van der Waals surface area contributed by atoms with Crippen LogP contribution < -0.4 is 43.7 Å². The molecule has 566 valence electrons. The SMILES string of the molecule is CC1(c2cccc(F)c2)NC(=O)c2c(Cl)cc(Br)c(=O)n21.CC1(c2cccc(F)c2)NC(=O)c2c(Cl)cc(Cc3cc(/C=C(/C4CC4)C(F)(F)F)ncn3)c(=O)n21.CC1(c2cccc(F)c2)NC(=O)c2c(Cl)cc(Nc3cc(/C=C(/C4CC4)C(F)(F)F)ncn3)c(=O)n21.Nc1cc(/C=C(/C2CC2)C(F)(F)F)ncn1. The number of benzene rings is 3. The molecule has 3 fully saturated rings. The van der Waals surface area contributed by atoms with Crippen molar-refractivity contribution in [3.63, 3.8) is 0 Å². The molecule has 0 spiro atoms. The first-order valence-electron chi connectivity index (χ1n) is 32.9. The second-order valence-electron chi connectivity index (χ2n) is 26.4. The molecule has 109 heavy (non-hydrogen) atoms. The molecule has 3 saturated carbocycles. The van der Waals surface area contributed by atoms with Crippen LogP contribution in [-0.4, -0.2) is 79.9 Å². The van der Waals surface area contributed by atoms with Gasteiger partial charge in [-0.25, -0.2) is 43.1 Å². The summed E-state index contributed by atoms with van der Waals surface area (Å²) < 4.78 is 164. The molecule has 0 bridgehead atoms. The van der Waals surface area contributed by atoms with E-state index in [1.807, 2.05) is 0 Å². The largest absolute Gasteiger partial charge is 0.413 e. The number of allylic oxidation sites excluding steroid dienone is 3. The zero-order valence-corrected chi connectivity index (χ0v) is 60.5. The average molecular weight is 1640 g/mol. The van der Waals surface area contributed by atoms with Gasteiger partial charge in [0.15, 0.2) is 0 Å². The number of carbonyl (C=O) groups is 3. The maximum atomic E-state index is 14.0. The van der Waals surface area contributed by atoms with Gasteiger partial charge in [-0.2, -0.15) is 39.5 Å². The lowest BCUT2D eigenvalue weighted by Crippen LogP contribution is -2.46. The molecule has 3 aromatic carbocycles. The number of nitrogen functional groups attached to an aromatic ring is 1. The number of nitrogens with zero attached hydrogens (tertiary/aromatic N) is 9. The van der Waals surface area contributed by atoms with Gasteiger partial charge >= 0.3 is 18.5 Å². The predicted molar refractivity (Wildman–Crippen MR) is 382 cm³/mol. The van der Waals surface area contributed by atoms with Gasteiger partial charge < -0.3 is 27.0 Å². The Morgan fingerprint density at radius 3 is 1.27 bits per heavy atom. The summed E-state index contributed by atoms with van der Waals surface area (Å²) in [5.74, 6) is -4.50. The Bertz CT molecular complexity index is 5270. The lowest BCUT2D eigenvalue weighted by molar-refractivity contribution is -0.0953. The van der Waals surface area contributed by atoms with E-state index in [1.165, 1.54) is 107 Å². The number of anilines is 3. The predicted octanol–water partition coefficient (Wildman–Crippen LogP) is 15.1. The topological polar surface area (TPSA) is 269 Å². The van der Waals surface area contributed by atoms with Crippen molar-refractivity contribution >= 4 is 104 Å². The van der Waals surface area contributed by atoms with Gasteiger partial charge in [0.05, 0.1) is 36.6 Å². The van der Waals surface area contributed by atoms with Crippen LogP contribution >= 0.6 is 50.7 Å². The summed E-state index contributed by atoms with van der Waals surface area (Å²) in [6, 6.07) is 24.6. The summed E-state index contributed by atoms with van der Waals surface area (Å²) in [6.07, 6.45) is -3.85. The zero-order chi connectivity index (χ0) is 78.8. The third kappa shape index (κ3) is 16.6. The summed E-state index contributed by atoms with van der Waals surface area (Å²) in [7, 11) is 0. The first-order valence-corrected chi connectivity index (χ1v) is 34.8. The number of fused-ring (bicyclic) bond motifs is 3. The summed E-state index contributed by atoms with van der Waals surface area (Å²) in [4.78, 5) is 100. The molecule has 0 saturated heterocycles. The second kappa shape index (κ2) is 29.8. The Morgan fingerprint density at radius 2 is 0.862 bits per heavy atom. The van der Waals surface area contributed by atoms with E-state index in [0.29, 0.717) is 60.9 Å². The molecule has 0 radical (unpaired) electrons. The van der Waals surface area contributed by atoms with E-state index in [2.05, 4.69) is 67.1 Å². The van der Waals surface area contributed by atoms with E-state index in [0.717, 1.165) is 41.8 Å². The Hall–Kier alpha value is -10.5. The molecular weight excluding hydrogens is 1580 g/mol. The van der Waals surface area contributed by atoms with E-state index < -0.39 is 116 Å². The fourth-order valence-electron chi connectivity index (χ4n) is 12.8. The monoisotopic (exact) mass is 1640 g/mol. The fourth-order valence-corrected chi connectivity index (χ4v) is 14.2. The van der Waals surface area contributed by atoms with E-state index in [4.69, 9.17) is 40.5 Å². The number of alkyl halides is 9. The Labute approximate surface area is 632 Å². The van der Waals surface area contributed by atoms with Crippen molar-refractivity contribution in [3.8, 4) is 0 Å². The van der Waals surface area contributed by atoms with E-state index in [9.17, 15) is 81.5 Å². The van der Waals surface area contributed by atoms with Crippen LogP contribution in [0, 0.1) is 35.2 Å². The number of nitrogens with two attached hydrogens (primary N) is 1. The number of aromatic nitrogens is 9. The second-order valence-corrected chi connectivity index (χ2v) is 28.5. The molecule has 6 aromatic heterocycles. The highest BCUT2D eigenvalue weighted by Gasteiger charge is 2.49. The van der Waals surface area contributed by atoms with Crippen LogP contribution in [-0.2, 0) is 23.4 Å². The van der Waals surface area contributed by atoms with Crippen molar-refractivity contribution in [2.45, 2.75) is 101 Å². The smallest absolute Gasteiger partial charge is 0.384 e. The molecule has 20 nitrogen and oxygen atoms in total. The number of halogens is 16. The van der Waals surface area contributed by atoms with Crippen LogP contribution in [0.1, 0.15) is 136 Å². The number of pyridine rings is 3. The van der Waals surface area contributed by atoms with E-state index in [1.54, 1.807) is 32.0 Å².